The number of nitro groups is 1. The fourth-order valence-corrected chi connectivity index (χ4v) is 3.35. The molecule has 0 radical (unpaired) electrons. The smallest absolute Gasteiger partial charge is 0.417 e. The SMILES string of the molecule is CC1(C)OC(=O)C(=Cc2cc([N+](=O)[O-])ccc2Sc2ccc(C(F)(F)F)cn2)C(=O)O1. The van der Waals surface area contributed by atoms with Crippen molar-refractivity contribution in [3.63, 3.8) is 0 Å². The third kappa shape index (κ3) is 5.20. The van der Waals surface area contributed by atoms with Crippen LogP contribution >= 0.6 is 11.8 Å². The highest BCUT2D eigenvalue weighted by atomic mass is 32.2. The lowest BCUT2D eigenvalue weighted by Gasteiger charge is -2.29. The van der Waals surface area contributed by atoms with Gasteiger partial charge in [0.25, 0.3) is 11.5 Å². The zero-order valence-corrected chi connectivity index (χ0v) is 16.7. The number of ether oxygens (including phenoxy) is 2. The van der Waals surface area contributed by atoms with Crippen molar-refractivity contribution in [2.75, 3.05) is 0 Å². The van der Waals surface area contributed by atoms with E-state index in [0.717, 1.165) is 36.0 Å². The Kier molecular flexibility index (Phi) is 5.77. The van der Waals surface area contributed by atoms with Gasteiger partial charge in [0.2, 0.25) is 0 Å². The van der Waals surface area contributed by atoms with Crippen molar-refractivity contribution in [2.45, 2.75) is 35.7 Å². The van der Waals surface area contributed by atoms with E-state index >= 15 is 0 Å². The highest BCUT2D eigenvalue weighted by Crippen LogP contribution is 2.35. The molecule has 1 aliphatic rings. The second-order valence-electron chi connectivity index (χ2n) is 6.70. The predicted molar refractivity (Wildman–Crippen MR) is 101 cm³/mol. The third-order valence-corrected chi connectivity index (χ3v) is 4.94. The van der Waals surface area contributed by atoms with E-state index in [1.807, 2.05) is 0 Å². The normalized spacial score (nSPS) is 15.8. The number of nitrogens with zero attached hydrogens (tertiary/aromatic N) is 2. The summed E-state index contributed by atoms with van der Waals surface area (Å²) in [5.74, 6) is -3.41. The number of hydrogen-bond acceptors (Lipinski definition) is 8. The quantitative estimate of drug-likeness (QED) is 0.220. The first kappa shape index (κ1) is 22.3. The molecule has 3 rings (SSSR count). The number of esters is 2. The summed E-state index contributed by atoms with van der Waals surface area (Å²) in [5.41, 5.74) is -1.65. The minimum Gasteiger partial charge on any atom is -0.419 e. The third-order valence-electron chi connectivity index (χ3n) is 3.90. The highest BCUT2D eigenvalue weighted by Gasteiger charge is 2.39. The van der Waals surface area contributed by atoms with Gasteiger partial charge in [-0.2, -0.15) is 13.2 Å². The number of non-ortho nitro benzene ring substituents is 1. The topological polar surface area (TPSA) is 109 Å². The first-order chi connectivity index (χ1) is 14.4. The first-order valence-corrected chi connectivity index (χ1v) is 9.35. The minimum absolute atomic E-state index is 0.0875. The Labute approximate surface area is 177 Å². The fraction of sp³-hybridized carbons (Fsp3) is 0.211. The Balaban J connectivity index is 2.00. The Morgan fingerprint density at radius 3 is 2.29 bits per heavy atom. The van der Waals surface area contributed by atoms with E-state index in [1.165, 1.54) is 26.0 Å². The fourth-order valence-electron chi connectivity index (χ4n) is 2.51. The molecule has 1 fully saturated rings. The number of carbonyl (C=O) groups excluding carboxylic acids is 2. The number of alkyl halides is 3. The lowest BCUT2D eigenvalue weighted by atomic mass is 10.1. The zero-order chi connectivity index (χ0) is 23.0. The Bertz CT molecular complexity index is 1070. The van der Waals surface area contributed by atoms with Crippen molar-refractivity contribution < 1.29 is 37.2 Å². The van der Waals surface area contributed by atoms with E-state index in [1.54, 1.807) is 0 Å². The van der Waals surface area contributed by atoms with Gasteiger partial charge in [-0.15, -0.1) is 0 Å². The van der Waals surface area contributed by atoms with Crippen molar-refractivity contribution in [2.24, 2.45) is 0 Å². The van der Waals surface area contributed by atoms with E-state index in [0.29, 0.717) is 11.1 Å². The van der Waals surface area contributed by atoms with Crippen LogP contribution in [0.25, 0.3) is 6.08 Å². The summed E-state index contributed by atoms with van der Waals surface area (Å²) in [6, 6.07) is 5.60. The lowest BCUT2D eigenvalue weighted by Crippen LogP contribution is -2.41. The average Bonchev–Trinajstić information content (AvgIpc) is 2.64. The molecule has 1 aromatic carbocycles. The van der Waals surface area contributed by atoms with Gasteiger partial charge in [-0.25, -0.2) is 14.6 Å². The molecule has 0 atom stereocenters. The van der Waals surface area contributed by atoms with E-state index in [2.05, 4.69) is 4.98 Å². The zero-order valence-electron chi connectivity index (χ0n) is 15.9. The van der Waals surface area contributed by atoms with Gasteiger partial charge >= 0.3 is 18.1 Å². The average molecular weight is 454 g/mol. The summed E-state index contributed by atoms with van der Waals surface area (Å²) in [6.07, 6.45) is -2.82. The standard InChI is InChI=1S/C19H13F3N2O6S/c1-18(2)29-16(25)13(17(26)30-18)8-10-7-12(24(27)28)4-5-14(10)31-15-6-3-11(9-23-15)19(20,21)22/h3-9H,1-2H3. The molecule has 0 amide bonds. The van der Waals surface area contributed by atoms with Crippen LogP contribution in [-0.4, -0.2) is 27.6 Å². The van der Waals surface area contributed by atoms with Crippen LogP contribution < -0.4 is 0 Å². The number of aromatic nitrogens is 1. The first-order valence-electron chi connectivity index (χ1n) is 8.54. The minimum atomic E-state index is -4.55. The Morgan fingerprint density at radius 1 is 1.13 bits per heavy atom. The van der Waals surface area contributed by atoms with Crippen LogP contribution in [-0.2, 0) is 25.2 Å². The monoisotopic (exact) mass is 454 g/mol. The van der Waals surface area contributed by atoms with Crippen molar-refractivity contribution in [3.05, 3.63) is 63.3 Å². The van der Waals surface area contributed by atoms with Crippen molar-refractivity contribution in [1.29, 1.82) is 0 Å². The number of rotatable bonds is 4. The largest absolute Gasteiger partial charge is 0.419 e. The van der Waals surface area contributed by atoms with Crippen molar-refractivity contribution >= 4 is 35.5 Å². The van der Waals surface area contributed by atoms with Crippen molar-refractivity contribution in [1.82, 2.24) is 4.98 Å². The van der Waals surface area contributed by atoms with Crippen LogP contribution in [0.3, 0.4) is 0 Å². The molecule has 12 heteroatoms. The van der Waals surface area contributed by atoms with Gasteiger partial charge in [-0.1, -0.05) is 11.8 Å². The van der Waals surface area contributed by atoms with Crippen molar-refractivity contribution in [3.8, 4) is 0 Å². The van der Waals surface area contributed by atoms with E-state index in [-0.39, 0.29) is 16.3 Å². The van der Waals surface area contributed by atoms with Gasteiger partial charge in [-0.3, -0.25) is 10.1 Å². The maximum atomic E-state index is 12.7. The number of pyridine rings is 1. The maximum Gasteiger partial charge on any atom is 0.417 e. The van der Waals surface area contributed by atoms with Gasteiger partial charge in [-0.05, 0) is 29.8 Å². The van der Waals surface area contributed by atoms with Crippen LogP contribution in [0.5, 0.6) is 0 Å². The van der Waals surface area contributed by atoms with E-state index < -0.39 is 40.0 Å². The molecule has 0 unspecified atom stereocenters. The molecule has 1 aliphatic heterocycles. The Hall–Kier alpha value is -3.41. The van der Waals surface area contributed by atoms with Gasteiger partial charge in [0, 0.05) is 37.1 Å². The van der Waals surface area contributed by atoms with Crippen LogP contribution in [0.2, 0.25) is 0 Å². The van der Waals surface area contributed by atoms with Crippen LogP contribution in [0.15, 0.2) is 52.0 Å². The number of benzene rings is 1. The molecular formula is C19H13F3N2O6S. The maximum absolute atomic E-state index is 12.7. The molecule has 8 nitrogen and oxygen atoms in total. The van der Waals surface area contributed by atoms with Crippen LogP contribution in [0.1, 0.15) is 25.0 Å². The molecule has 0 bridgehead atoms. The van der Waals surface area contributed by atoms with E-state index in [9.17, 15) is 32.9 Å². The summed E-state index contributed by atoms with van der Waals surface area (Å²) in [6.45, 7) is 2.73. The Morgan fingerprint density at radius 2 is 1.77 bits per heavy atom. The highest BCUT2D eigenvalue weighted by molar-refractivity contribution is 7.99. The van der Waals surface area contributed by atoms with Gasteiger partial charge in [0.1, 0.15) is 10.6 Å². The number of nitro benzene ring substituents is 1. The molecule has 162 valence electrons. The van der Waals surface area contributed by atoms with Gasteiger partial charge in [0.05, 0.1) is 10.5 Å². The number of carbonyl (C=O) groups is 2. The molecule has 0 saturated carbocycles. The van der Waals surface area contributed by atoms with Crippen LogP contribution in [0, 0.1) is 10.1 Å². The molecule has 1 aromatic heterocycles. The molecule has 1 saturated heterocycles. The molecular weight excluding hydrogens is 441 g/mol. The lowest BCUT2D eigenvalue weighted by molar-refractivity contribution is -0.384. The second kappa shape index (κ2) is 8.02. The molecule has 0 N–H and O–H groups in total. The van der Waals surface area contributed by atoms with Gasteiger partial charge < -0.3 is 9.47 Å². The summed E-state index contributed by atoms with van der Waals surface area (Å²) >= 11 is 0.895. The number of halogens is 3. The number of cyclic esters (lactones) is 2. The molecule has 0 spiro atoms. The summed E-state index contributed by atoms with van der Waals surface area (Å²) < 4.78 is 48.1. The molecule has 2 heterocycles. The summed E-state index contributed by atoms with van der Waals surface area (Å²) in [4.78, 5) is 38.9. The molecule has 0 aliphatic carbocycles. The summed E-state index contributed by atoms with van der Waals surface area (Å²) in [5, 5.41) is 11.3. The van der Waals surface area contributed by atoms with Gasteiger partial charge in [0.15, 0.2) is 0 Å². The number of hydrogen-bond donors (Lipinski definition) is 0. The summed E-state index contributed by atoms with van der Waals surface area (Å²) in [7, 11) is 0. The van der Waals surface area contributed by atoms with E-state index in [4.69, 9.17) is 9.47 Å². The van der Waals surface area contributed by atoms with Crippen LogP contribution in [0.4, 0.5) is 18.9 Å². The second-order valence-corrected chi connectivity index (χ2v) is 7.76. The predicted octanol–water partition coefficient (Wildman–Crippen LogP) is 4.38. The molecule has 31 heavy (non-hydrogen) atoms. The molecule has 2 aromatic rings.